The largest absolute Gasteiger partial charge is 0.490 e. The van der Waals surface area contributed by atoms with Gasteiger partial charge in [-0.2, -0.15) is 0 Å². The smallest absolute Gasteiger partial charge is 0.161 e. The normalized spacial score (nSPS) is 11.2. The summed E-state index contributed by atoms with van der Waals surface area (Å²) in [4.78, 5) is 0. The van der Waals surface area contributed by atoms with Gasteiger partial charge in [0.15, 0.2) is 34.5 Å². The lowest BCUT2D eigenvalue weighted by molar-refractivity contribution is 0.262. The number of alkyl halides is 4. The minimum absolute atomic E-state index is 0.194. The maximum atomic E-state index is 6.41. The van der Waals surface area contributed by atoms with Gasteiger partial charge >= 0.3 is 0 Å². The van der Waals surface area contributed by atoms with Gasteiger partial charge in [-0.3, -0.25) is 0 Å². The second-order valence-electron chi connectivity index (χ2n) is 16.5. The lowest BCUT2D eigenvalue weighted by Crippen LogP contribution is -2.02. The lowest BCUT2D eigenvalue weighted by Gasteiger charge is -2.18. The summed E-state index contributed by atoms with van der Waals surface area (Å²) in [5.41, 5.74) is 0. The summed E-state index contributed by atoms with van der Waals surface area (Å²) in [5, 5.41) is 14.3. The van der Waals surface area contributed by atoms with Gasteiger partial charge in [0.2, 0.25) is 0 Å². The van der Waals surface area contributed by atoms with Crippen molar-refractivity contribution in [2.24, 2.45) is 0 Å². The van der Waals surface area contributed by atoms with E-state index in [2.05, 4.69) is 114 Å². The molecule has 0 aliphatic heterocycles. The van der Waals surface area contributed by atoms with Crippen molar-refractivity contribution >= 4 is 111 Å². The van der Waals surface area contributed by atoms with Crippen LogP contribution in [0.4, 0.5) is 0 Å². The highest BCUT2D eigenvalue weighted by Crippen LogP contribution is 2.45. The molecule has 0 heterocycles. The fraction of sp³-hybridized carbons (Fsp3) is 0.464. The van der Waals surface area contributed by atoms with E-state index in [1.54, 1.807) is 0 Å². The molecule has 358 valence electrons. The average molecular weight is 981 g/mol. The Bertz CT molecular complexity index is 2110. The van der Waals surface area contributed by atoms with E-state index in [0.717, 1.165) is 144 Å². The number of ether oxygens (including phenoxy) is 6. The molecule has 0 saturated heterocycles. The fourth-order valence-electron chi connectivity index (χ4n) is 7.90. The van der Waals surface area contributed by atoms with Crippen LogP contribution in [0.15, 0.2) is 72.8 Å². The summed E-state index contributed by atoms with van der Waals surface area (Å²) in [6, 6.07) is 27.2. The molecular formula is C56H70Cl4O6. The molecule has 0 unspecified atom stereocenters. The van der Waals surface area contributed by atoms with Gasteiger partial charge in [0.05, 0.1) is 50.3 Å². The zero-order valence-electron chi connectivity index (χ0n) is 40.0. The topological polar surface area (TPSA) is 55.4 Å². The van der Waals surface area contributed by atoms with Crippen molar-refractivity contribution < 1.29 is 28.4 Å². The number of rotatable bonds is 24. The van der Waals surface area contributed by atoms with Crippen LogP contribution < -0.4 is 28.4 Å². The van der Waals surface area contributed by atoms with Crippen LogP contribution in [0.3, 0.4) is 0 Å². The SMILES string of the molecule is CCCCOc1cc2cc3c4cc5cc(OCCCC)c(OCCCC)cc5cc4c4cc5cc(OCCCC)c(OCCCC)cc5cc4c3cc2cc1OCCCC.ClCCl.ClCCl. The Morgan fingerprint density at radius 3 is 0.515 bits per heavy atom. The van der Waals surface area contributed by atoms with Gasteiger partial charge in [-0.1, -0.05) is 80.1 Å². The highest BCUT2D eigenvalue weighted by atomic mass is 35.5. The summed E-state index contributed by atoms with van der Waals surface area (Å²) >= 11 is 19.1. The Labute approximate surface area is 413 Å². The van der Waals surface area contributed by atoms with Gasteiger partial charge in [-0.15, -0.1) is 46.4 Å². The van der Waals surface area contributed by atoms with Crippen molar-refractivity contribution in [1.82, 2.24) is 0 Å². The quantitative estimate of drug-likeness (QED) is 0.0260. The molecule has 0 amide bonds. The summed E-state index contributed by atoms with van der Waals surface area (Å²) in [6.45, 7) is 17.1. The van der Waals surface area contributed by atoms with E-state index in [0.29, 0.717) is 39.6 Å². The first-order valence-corrected chi connectivity index (χ1v) is 26.3. The molecule has 0 aliphatic carbocycles. The number of benzene rings is 7. The first-order valence-electron chi connectivity index (χ1n) is 24.2. The molecule has 0 aromatic heterocycles. The standard InChI is InChI=1S/C54H66O6.2CH2Cl2/c1-7-13-19-55-49-31-37-25-43-44(26-38(37)32-50(49)56-20-14-8-2)46-28-40-34-52(58-22-16-10-4)54(60-24-18-12-6)36-42(40)30-48(46)47-29-41-35-53(59-23-17-11-5)51(57-21-15-9-3)33-39(41)27-45(43)47;2*2-1-3/h25-36H,7-24H2,1-6H3;2*1H2. The molecule has 0 bridgehead atoms. The van der Waals surface area contributed by atoms with Crippen molar-refractivity contribution in [3.63, 3.8) is 0 Å². The molecule has 0 saturated carbocycles. The molecule has 0 fully saturated rings. The highest BCUT2D eigenvalue weighted by Gasteiger charge is 2.18. The zero-order chi connectivity index (χ0) is 47.3. The number of hydrogen-bond donors (Lipinski definition) is 0. The molecular weight excluding hydrogens is 910 g/mol. The Morgan fingerprint density at radius 1 is 0.258 bits per heavy atom. The maximum Gasteiger partial charge on any atom is 0.161 e. The molecule has 6 nitrogen and oxygen atoms in total. The van der Waals surface area contributed by atoms with Crippen LogP contribution >= 0.6 is 46.4 Å². The molecule has 10 heteroatoms. The van der Waals surface area contributed by atoms with Crippen molar-refractivity contribution in [3.05, 3.63) is 72.8 Å². The van der Waals surface area contributed by atoms with Crippen LogP contribution in [0.1, 0.15) is 119 Å². The van der Waals surface area contributed by atoms with Gasteiger partial charge < -0.3 is 28.4 Å². The minimum Gasteiger partial charge on any atom is -0.490 e. The fourth-order valence-corrected chi connectivity index (χ4v) is 7.90. The van der Waals surface area contributed by atoms with Crippen molar-refractivity contribution in [2.75, 3.05) is 50.3 Å². The maximum absolute atomic E-state index is 6.41. The molecule has 7 aromatic rings. The van der Waals surface area contributed by atoms with Gasteiger partial charge in [-0.25, -0.2) is 0 Å². The lowest BCUT2D eigenvalue weighted by atomic mass is 9.89. The van der Waals surface area contributed by atoms with Gasteiger partial charge in [0.25, 0.3) is 0 Å². The summed E-state index contributed by atoms with van der Waals surface area (Å²) in [6.07, 6.45) is 12.4. The van der Waals surface area contributed by atoms with Crippen molar-refractivity contribution in [3.8, 4) is 34.5 Å². The van der Waals surface area contributed by atoms with E-state index in [4.69, 9.17) is 74.8 Å². The monoisotopic (exact) mass is 978 g/mol. The zero-order valence-corrected chi connectivity index (χ0v) is 43.1. The van der Waals surface area contributed by atoms with E-state index in [1.807, 2.05) is 0 Å². The van der Waals surface area contributed by atoms with Crippen molar-refractivity contribution in [2.45, 2.75) is 119 Å². The Morgan fingerprint density at radius 2 is 0.394 bits per heavy atom. The van der Waals surface area contributed by atoms with E-state index < -0.39 is 0 Å². The molecule has 7 rings (SSSR count). The van der Waals surface area contributed by atoms with Crippen LogP contribution in [-0.2, 0) is 0 Å². The van der Waals surface area contributed by atoms with Crippen molar-refractivity contribution in [1.29, 1.82) is 0 Å². The van der Waals surface area contributed by atoms with Gasteiger partial charge in [0, 0.05) is 0 Å². The third-order valence-corrected chi connectivity index (χ3v) is 11.5. The predicted octanol–water partition coefficient (Wildman–Crippen LogP) is 18.5. The molecule has 66 heavy (non-hydrogen) atoms. The molecule has 0 radical (unpaired) electrons. The molecule has 0 aliphatic rings. The number of halogens is 4. The third kappa shape index (κ3) is 14.1. The molecule has 7 aromatic carbocycles. The first kappa shape index (κ1) is 53.0. The van der Waals surface area contributed by atoms with Crippen LogP contribution in [0.5, 0.6) is 34.5 Å². The van der Waals surface area contributed by atoms with E-state index in [9.17, 15) is 0 Å². The average Bonchev–Trinajstić information content (AvgIpc) is 3.31. The number of fused-ring (bicyclic) bond motifs is 9. The number of unbranched alkanes of at least 4 members (excludes halogenated alkanes) is 6. The van der Waals surface area contributed by atoms with E-state index in [-0.39, 0.29) is 10.7 Å². The second kappa shape index (κ2) is 28.4. The summed E-state index contributed by atoms with van der Waals surface area (Å²) in [5.74, 6) is 4.86. The summed E-state index contributed by atoms with van der Waals surface area (Å²) < 4.78 is 38.4. The third-order valence-electron chi connectivity index (χ3n) is 11.5. The second-order valence-corrected chi connectivity index (χ2v) is 18.2. The highest BCUT2D eigenvalue weighted by molar-refractivity contribution is 6.41. The number of hydrogen-bond acceptors (Lipinski definition) is 6. The Balaban J connectivity index is 0.00000129. The Kier molecular flexibility index (Phi) is 22.8. The van der Waals surface area contributed by atoms with Crippen LogP contribution in [-0.4, -0.2) is 50.3 Å². The molecule has 0 N–H and O–H groups in total. The van der Waals surface area contributed by atoms with Crippen LogP contribution in [0.25, 0.3) is 64.6 Å². The molecule has 0 spiro atoms. The van der Waals surface area contributed by atoms with Crippen LogP contribution in [0, 0.1) is 0 Å². The first-order chi connectivity index (χ1) is 32.3. The van der Waals surface area contributed by atoms with Gasteiger partial charge in [0.1, 0.15) is 0 Å². The predicted molar refractivity (Wildman–Crippen MR) is 287 cm³/mol. The van der Waals surface area contributed by atoms with Gasteiger partial charge in [-0.05, 0) is 176 Å². The Hall–Kier alpha value is -3.94. The molecule has 0 atom stereocenters. The minimum atomic E-state index is 0.194. The van der Waals surface area contributed by atoms with Crippen LogP contribution in [0.2, 0.25) is 0 Å². The summed E-state index contributed by atoms with van der Waals surface area (Å²) in [7, 11) is 0. The van der Waals surface area contributed by atoms with E-state index in [1.165, 1.54) is 32.3 Å². The van der Waals surface area contributed by atoms with E-state index >= 15 is 0 Å².